The van der Waals surface area contributed by atoms with E-state index in [1.807, 2.05) is 6.92 Å². The predicted octanol–water partition coefficient (Wildman–Crippen LogP) is 0.302. The van der Waals surface area contributed by atoms with E-state index in [-0.39, 0.29) is 5.91 Å². The summed E-state index contributed by atoms with van der Waals surface area (Å²) in [7, 11) is 0. The molecule has 1 aromatic rings. The number of carbonyl (C=O) groups is 1. The average Bonchev–Trinajstić information content (AvgIpc) is 2.85. The SMILES string of the molecule is Cc1ncncc1C1(C(N)=O)CC1. The van der Waals surface area contributed by atoms with E-state index in [0.717, 1.165) is 24.1 Å². The predicted molar refractivity (Wildman–Crippen MR) is 46.9 cm³/mol. The zero-order valence-corrected chi connectivity index (χ0v) is 7.45. The normalized spacial score (nSPS) is 18.2. The molecule has 0 spiro atoms. The highest BCUT2D eigenvalue weighted by atomic mass is 16.1. The summed E-state index contributed by atoms with van der Waals surface area (Å²) in [5.41, 5.74) is 6.63. The van der Waals surface area contributed by atoms with Crippen LogP contribution in [-0.4, -0.2) is 15.9 Å². The first-order valence-corrected chi connectivity index (χ1v) is 4.24. The van der Waals surface area contributed by atoms with Gasteiger partial charge in [-0.2, -0.15) is 0 Å². The van der Waals surface area contributed by atoms with Gasteiger partial charge in [0.05, 0.1) is 5.41 Å². The van der Waals surface area contributed by atoms with Crippen molar-refractivity contribution in [2.24, 2.45) is 5.73 Å². The maximum atomic E-state index is 11.2. The fourth-order valence-electron chi connectivity index (χ4n) is 1.63. The number of hydrogen-bond donors (Lipinski definition) is 1. The highest BCUT2D eigenvalue weighted by Gasteiger charge is 2.51. The first-order chi connectivity index (χ1) is 6.17. The lowest BCUT2D eigenvalue weighted by Gasteiger charge is -2.11. The first-order valence-electron chi connectivity index (χ1n) is 4.24. The van der Waals surface area contributed by atoms with Crippen LogP contribution in [0.5, 0.6) is 0 Å². The van der Waals surface area contributed by atoms with E-state index in [2.05, 4.69) is 9.97 Å². The molecule has 0 aliphatic heterocycles. The Hall–Kier alpha value is -1.45. The van der Waals surface area contributed by atoms with E-state index in [4.69, 9.17) is 5.73 Å². The highest BCUT2D eigenvalue weighted by molar-refractivity contribution is 5.90. The number of aromatic nitrogens is 2. The van der Waals surface area contributed by atoms with Gasteiger partial charge in [0.15, 0.2) is 0 Å². The summed E-state index contributed by atoms with van der Waals surface area (Å²) < 4.78 is 0. The van der Waals surface area contributed by atoms with Crippen LogP contribution in [0, 0.1) is 6.92 Å². The molecule has 68 valence electrons. The van der Waals surface area contributed by atoms with Crippen LogP contribution >= 0.6 is 0 Å². The topological polar surface area (TPSA) is 68.9 Å². The van der Waals surface area contributed by atoms with Crippen molar-refractivity contribution >= 4 is 5.91 Å². The van der Waals surface area contributed by atoms with Gasteiger partial charge in [0, 0.05) is 17.5 Å². The Morgan fingerprint density at radius 2 is 2.31 bits per heavy atom. The number of primary amides is 1. The van der Waals surface area contributed by atoms with Crippen LogP contribution in [0.25, 0.3) is 0 Å². The number of nitrogens with two attached hydrogens (primary N) is 1. The minimum absolute atomic E-state index is 0.259. The lowest BCUT2D eigenvalue weighted by atomic mass is 9.96. The van der Waals surface area contributed by atoms with Crippen molar-refractivity contribution in [1.29, 1.82) is 0 Å². The van der Waals surface area contributed by atoms with Crippen molar-refractivity contribution in [3.05, 3.63) is 23.8 Å². The van der Waals surface area contributed by atoms with E-state index in [0.29, 0.717) is 0 Å². The largest absolute Gasteiger partial charge is 0.369 e. The smallest absolute Gasteiger partial charge is 0.228 e. The summed E-state index contributed by atoms with van der Waals surface area (Å²) in [5, 5.41) is 0. The van der Waals surface area contributed by atoms with E-state index >= 15 is 0 Å². The van der Waals surface area contributed by atoms with Crippen molar-refractivity contribution in [2.45, 2.75) is 25.2 Å². The highest BCUT2D eigenvalue weighted by Crippen LogP contribution is 2.48. The molecule has 0 aromatic carbocycles. The van der Waals surface area contributed by atoms with Crippen molar-refractivity contribution in [1.82, 2.24) is 9.97 Å². The van der Waals surface area contributed by atoms with Crippen LogP contribution < -0.4 is 5.73 Å². The van der Waals surface area contributed by atoms with Crippen molar-refractivity contribution < 1.29 is 4.79 Å². The molecule has 1 fully saturated rings. The molecule has 1 saturated carbocycles. The van der Waals surface area contributed by atoms with Gasteiger partial charge in [-0.1, -0.05) is 0 Å². The Balaban J connectivity index is 2.47. The van der Waals surface area contributed by atoms with Crippen molar-refractivity contribution in [2.75, 3.05) is 0 Å². The quantitative estimate of drug-likeness (QED) is 0.706. The van der Waals surface area contributed by atoms with Crippen molar-refractivity contribution in [3.8, 4) is 0 Å². The van der Waals surface area contributed by atoms with Crippen LogP contribution in [0.4, 0.5) is 0 Å². The van der Waals surface area contributed by atoms with Crippen LogP contribution in [0.3, 0.4) is 0 Å². The van der Waals surface area contributed by atoms with Gasteiger partial charge in [-0.05, 0) is 19.8 Å². The lowest BCUT2D eigenvalue weighted by Crippen LogP contribution is -2.29. The van der Waals surface area contributed by atoms with Gasteiger partial charge in [-0.25, -0.2) is 9.97 Å². The van der Waals surface area contributed by atoms with Crippen molar-refractivity contribution in [3.63, 3.8) is 0 Å². The number of amides is 1. The number of nitrogens with zero attached hydrogens (tertiary/aromatic N) is 2. The van der Waals surface area contributed by atoms with Gasteiger partial charge >= 0.3 is 0 Å². The molecular weight excluding hydrogens is 166 g/mol. The van der Waals surface area contributed by atoms with Gasteiger partial charge in [-0.15, -0.1) is 0 Å². The van der Waals surface area contributed by atoms with Gasteiger partial charge in [0.1, 0.15) is 6.33 Å². The molecule has 1 heterocycles. The number of hydrogen-bond acceptors (Lipinski definition) is 3. The van der Waals surface area contributed by atoms with Crippen LogP contribution in [0.2, 0.25) is 0 Å². The molecule has 0 bridgehead atoms. The Morgan fingerprint density at radius 1 is 1.62 bits per heavy atom. The third-order valence-electron chi connectivity index (χ3n) is 2.65. The Kier molecular flexibility index (Phi) is 1.58. The molecule has 0 saturated heterocycles. The van der Waals surface area contributed by atoms with E-state index in [9.17, 15) is 4.79 Å². The molecule has 4 heteroatoms. The lowest BCUT2D eigenvalue weighted by molar-refractivity contribution is -0.120. The minimum atomic E-state index is -0.453. The average molecular weight is 177 g/mol. The second-order valence-corrected chi connectivity index (χ2v) is 3.47. The maximum absolute atomic E-state index is 11.2. The van der Waals surface area contributed by atoms with E-state index in [1.54, 1.807) is 6.20 Å². The third kappa shape index (κ3) is 1.09. The number of rotatable bonds is 2. The fraction of sp³-hybridized carbons (Fsp3) is 0.444. The van der Waals surface area contributed by atoms with Crippen LogP contribution in [0.15, 0.2) is 12.5 Å². The number of carbonyl (C=O) groups excluding carboxylic acids is 1. The second-order valence-electron chi connectivity index (χ2n) is 3.47. The van der Waals surface area contributed by atoms with E-state index < -0.39 is 5.41 Å². The Labute approximate surface area is 76.2 Å². The summed E-state index contributed by atoms with van der Waals surface area (Å²) in [6, 6.07) is 0. The minimum Gasteiger partial charge on any atom is -0.369 e. The Morgan fingerprint density at radius 3 is 2.77 bits per heavy atom. The van der Waals surface area contributed by atoms with E-state index in [1.165, 1.54) is 6.33 Å². The molecule has 2 rings (SSSR count). The third-order valence-corrected chi connectivity index (χ3v) is 2.65. The molecular formula is C9H11N3O. The molecule has 1 aromatic heterocycles. The summed E-state index contributed by atoms with van der Waals surface area (Å²) in [6.07, 6.45) is 4.84. The fourth-order valence-corrected chi connectivity index (χ4v) is 1.63. The van der Waals surface area contributed by atoms with Gasteiger partial charge < -0.3 is 5.73 Å². The summed E-state index contributed by atoms with van der Waals surface area (Å²) in [5.74, 6) is -0.259. The van der Waals surface area contributed by atoms with Gasteiger partial charge in [0.25, 0.3) is 0 Å². The molecule has 1 amide bonds. The number of aryl methyl sites for hydroxylation is 1. The van der Waals surface area contributed by atoms with Gasteiger partial charge in [-0.3, -0.25) is 4.79 Å². The zero-order chi connectivity index (χ0) is 9.47. The summed E-state index contributed by atoms with van der Waals surface area (Å²) in [4.78, 5) is 19.2. The molecule has 0 radical (unpaired) electrons. The molecule has 0 unspecified atom stereocenters. The summed E-state index contributed by atoms with van der Waals surface area (Å²) >= 11 is 0. The summed E-state index contributed by atoms with van der Waals surface area (Å²) in [6.45, 7) is 1.88. The molecule has 1 aliphatic rings. The van der Waals surface area contributed by atoms with Crippen LogP contribution in [-0.2, 0) is 10.2 Å². The van der Waals surface area contributed by atoms with Gasteiger partial charge in [0.2, 0.25) is 5.91 Å². The molecule has 2 N–H and O–H groups in total. The monoisotopic (exact) mass is 177 g/mol. The second kappa shape index (κ2) is 2.52. The van der Waals surface area contributed by atoms with Crippen LogP contribution in [0.1, 0.15) is 24.1 Å². The maximum Gasteiger partial charge on any atom is 0.228 e. The molecule has 13 heavy (non-hydrogen) atoms. The zero-order valence-electron chi connectivity index (χ0n) is 7.45. The molecule has 0 atom stereocenters. The Bertz CT molecular complexity index is 358. The standard InChI is InChI=1S/C9H11N3O/c1-6-7(4-11-5-12-6)9(2-3-9)8(10)13/h4-5H,2-3H2,1H3,(H2,10,13). The molecule has 1 aliphatic carbocycles. The first kappa shape index (κ1) is 8.16. The molecule has 4 nitrogen and oxygen atoms in total.